The van der Waals surface area contributed by atoms with Gasteiger partial charge in [0.15, 0.2) is 6.29 Å². The van der Waals surface area contributed by atoms with Crippen LogP contribution in [0.25, 0.3) is 21.9 Å². The number of piperidine rings is 1. The third-order valence-corrected chi connectivity index (χ3v) is 8.09. The van der Waals surface area contributed by atoms with Crippen LogP contribution < -0.4 is 9.64 Å². The van der Waals surface area contributed by atoms with Crippen LogP contribution in [-0.2, 0) is 22.6 Å². The lowest BCUT2D eigenvalue weighted by Gasteiger charge is -2.39. The van der Waals surface area contributed by atoms with Crippen molar-refractivity contribution < 1.29 is 29.5 Å². The lowest BCUT2D eigenvalue weighted by molar-refractivity contribution is -0.292. The molecule has 2 aromatic carbocycles. The monoisotopic (exact) mass is 586 g/mol. The lowest BCUT2D eigenvalue weighted by Crippen LogP contribution is -2.58. The van der Waals surface area contributed by atoms with Crippen LogP contribution in [0.1, 0.15) is 30.5 Å². The maximum Gasteiger partial charge on any atom is 0.232 e. The van der Waals surface area contributed by atoms with E-state index in [0.29, 0.717) is 11.3 Å². The topological polar surface area (TPSA) is 159 Å². The molecular weight excluding hydrogens is 552 g/mol. The summed E-state index contributed by atoms with van der Waals surface area (Å²) >= 11 is 0. The highest BCUT2D eigenvalue weighted by Gasteiger charge is 2.44. The van der Waals surface area contributed by atoms with E-state index in [4.69, 9.17) is 14.2 Å². The first-order chi connectivity index (χ1) is 20.9. The molecule has 3 N–H and O–H groups in total. The molecule has 2 aliphatic heterocycles. The Kier molecular flexibility index (Phi) is 8.51. The van der Waals surface area contributed by atoms with Crippen molar-refractivity contribution in [2.24, 2.45) is 0 Å². The van der Waals surface area contributed by atoms with Crippen molar-refractivity contribution in [3.8, 4) is 23.1 Å². The smallest absolute Gasteiger partial charge is 0.232 e. The molecule has 5 atom stereocenters. The van der Waals surface area contributed by atoms with Crippen LogP contribution in [0.2, 0.25) is 0 Å². The molecule has 2 aromatic heterocycles. The quantitative estimate of drug-likeness (QED) is 0.278. The molecule has 0 aliphatic carbocycles. The number of nitriles is 1. The van der Waals surface area contributed by atoms with Gasteiger partial charge in [0, 0.05) is 37.6 Å². The van der Waals surface area contributed by atoms with E-state index in [1.807, 2.05) is 6.07 Å². The Morgan fingerprint density at radius 1 is 1.00 bits per heavy atom. The fraction of sp³-hybridized carbons (Fsp3) is 0.419. The van der Waals surface area contributed by atoms with E-state index < -0.39 is 30.7 Å². The van der Waals surface area contributed by atoms with Crippen molar-refractivity contribution in [2.45, 2.75) is 63.1 Å². The molecule has 224 valence electrons. The van der Waals surface area contributed by atoms with Gasteiger partial charge in [-0.2, -0.15) is 5.26 Å². The van der Waals surface area contributed by atoms with Crippen LogP contribution in [0, 0.1) is 11.3 Å². The Balaban J connectivity index is 1.15. The first kappa shape index (κ1) is 29.0. The van der Waals surface area contributed by atoms with Crippen molar-refractivity contribution in [1.82, 2.24) is 20.0 Å². The van der Waals surface area contributed by atoms with Crippen LogP contribution in [0.4, 0.5) is 5.69 Å². The van der Waals surface area contributed by atoms with Gasteiger partial charge in [0.25, 0.3) is 0 Å². The Morgan fingerprint density at radius 3 is 2.58 bits per heavy atom. The van der Waals surface area contributed by atoms with E-state index in [2.05, 4.69) is 56.6 Å². The fourth-order valence-corrected chi connectivity index (χ4v) is 5.73. The number of anilines is 1. The molecule has 6 rings (SSSR count). The van der Waals surface area contributed by atoms with Gasteiger partial charge in [-0.25, -0.2) is 9.67 Å². The standard InChI is InChI=1S/C31H34N6O6/c1-41-31-29(40)28(39)27(38)26(43-31)17-37-16-22(34-35-37)18-42-30-25(15-32)24(9-10-33-30)21-6-5-20-14-23(8-7-19(20)13-21)36-11-3-2-4-12-36/h5-10,13-14,16,26-29,31,38-40H,2-4,11-12,17-18H2,1H3/t26-,27-,28+,29-,31+/m1/s1. The number of benzene rings is 2. The Labute approximate surface area is 248 Å². The van der Waals surface area contributed by atoms with Crippen LogP contribution >= 0.6 is 0 Å². The molecule has 0 spiro atoms. The molecule has 0 amide bonds. The predicted octanol–water partition coefficient (Wildman–Crippen LogP) is 2.39. The zero-order valence-corrected chi connectivity index (χ0v) is 23.8. The summed E-state index contributed by atoms with van der Waals surface area (Å²) in [4.78, 5) is 6.74. The summed E-state index contributed by atoms with van der Waals surface area (Å²) in [5.41, 5.74) is 3.62. The van der Waals surface area contributed by atoms with Crippen LogP contribution in [0.15, 0.2) is 54.9 Å². The van der Waals surface area contributed by atoms with Gasteiger partial charge in [-0.3, -0.25) is 0 Å². The number of nitrogens with zero attached hydrogens (tertiary/aromatic N) is 6. The minimum Gasteiger partial charge on any atom is -0.470 e. The minimum absolute atomic E-state index is 0.00174. The van der Waals surface area contributed by atoms with E-state index in [1.54, 1.807) is 18.5 Å². The number of pyridine rings is 1. The normalized spacial score (nSPS) is 24.2. The largest absolute Gasteiger partial charge is 0.470 e. The molecular formula is C31H34N6O6. The number of aliphatic hydroxyl groups excluding tert-OH is 3. The van der Waals surface area contributed by atoms with Crippen molar-refractivity contribution in [1.29, 1.82) is 5.26 Å². The first-order valence-electron chi connectivity index (χ1n) is 14.4. The molecule has 4 heterocycles. The van der Waals surface area contributed by atoms with Crippen LogP contribution in [0.5, 0.6) is 5.88 Å². The summed E-state index contributed by atoms with van der Waals surface area (Å²) in [6.07, 6.45) is 0.834. The van der Waals surface area contributed by atoms with E-state index in [1.165, 1.54) is 36.7 Å². The minimum atomic E-state index is -1.43. The van der Waals surface area contributed by atoms with Gasteiger partial charge in [0.05, 0.1) is 12.7 Å². The summed E-state index contributed by atoms with van der Waals surface area (Å²) in [6.45, 7) is 2.23. The molecule has 0 bridgehead atoms. The molecule has 2 saturated heterocycles. The second-order valence-corrected chi connectivity index (χ2v) is 10.9. The number of methoxy groups -OCH3 is 1. The molecule has 0 unspecified atom stereocenters. The Hall–Kier alpha value is -4.12. The van der Waals surface area contributed by atoms with Gasteiger partial charge in [-0.1, -0.05) is 23.4 Å². The second kappa shape index (κ2) is 12.6. The third kappa shape index (κ3) is 6.04. The molecule has 12 heteroatoms. The highest BCUT2D eigenvalue weighted by Crippen LogP contribution is 2.33. The zero-order chi connectivity index (χ0) is 29.9. The molecule has 43 heavy (non-hydrogen) atoms. The zero-order valence-electron chi connectivity index (χ0n) is 23.8. The SMILES string of the molecule is CO[C@H]1O[C@H](Cn2cc(COc3nccc(-c4ccc5cc(N6CCCCC6)ccc5c4)c3C#N)nn2)[C@@H](O)[C@H](O)[C@H]1O. The van der Waals surface area contributed by atoms with Crippen LogP contribution in [-0.4, -0.2) is 86.2 Å². The number of hydrogen-bond acceptors (Lipinski definition) is 11. The number of fused-ring (bicyclic) bond motifs is 1. The second-order valence-electron chi connectivity index (χ2n) is 10.9. The number of aromatic nitrogens is 4. The summed E-state index contributed by atoms with van der Waals surface area (Å²) in [5.74, 6) is 0.182. The molecule has 0 radical (unpaired) electrons. The molecule has 2 aliphatic rings. The average Bonchev–Trinajstić information content (AvgIpc) is 3.50. The fourth-order valence-electron chi connectivity index (χ4n) is 5.73. The van der Waals surface area contributed by atoms with Gasteiger partial charge in [-0.05, 0) is 59.9 Å². The molecule has 2 fully saturated rings. The highest BCUT2D eigenvalue weighted by atomic mass is 16.7. The van der Waals surface area contributed by atoms with E-state index in [9.17, 15) is 20.6 Å². The molecule has 0 saturated carbocycles. The van der Waals surface area contributed by atoms with Crippen molar-refractivity contribution >= 4 is 16.5 Å². The van der Waals surface area contributed by atoms with E-state index in [0.717, 1.165) is 35.0 Å². The van der Waals surface area contributed by atoms with Crippen molar-refractivity contribution in [2.75, 3.05) is 25.1 Å². The van der Waals surface area contributed by atoms with Gasteiger partial charge >= 0.3 is 0 Å². The summed E-state index contributed by atoms with van der Waals surface area (Å²) in [5, 5.41) is 50.8. The Bertz CT molecular complexity index is 1610. The predicted molar refractivity (Wildman–Crippen MR) is 156 cm³/mol. The maximum absolute atomic E-state index is 10.3. The summed E-state index contributed by atoms with van der Waals surface area (Å²) < 4.78 is 18.0. The molecule has 4 aromatic rings. The van der Waals surface area contributed by atoms with E-state index in [-0.39, 0.29) is 19.0 Å². The van der Waals surface area contributed by atoms with Gasteiger partial charge in [0.2, 0.25) is 5.88 Å². The van der Waals surface area contributed by atoms with Crippen molar-refractivity contribution in [3.63, 3.8) is 0 Å². The number of aliphatic hydroxyl groups is 3. The van der Waals surface area contributed by atoms with Crippen LogP contribution in [0.3, 0.4) is 0 Å². The average molecular weight is 587 g/mol. The summed E-state index contributed by atoms with van der Waals surface area (Å²) in [6, 6.07) is 16.7. The Morgan fingerprint density at radius 2 is 1.79 bits per heavy atom. The van der Waals surface area contributed by atoms with Gasteiger partial charge in [-0.15, -0.1) is 5.10 Å². The number of rotatable bonds is 8. The lowest BCUT2D eigenvalue weighted by atomic mass is 9.98. The third-order valence-electron chi connectivity index (χ3n) is 8.09. The number of ether oxygens (including phenoxy) is 3. The first-order valence-corrected chi connectivity index (χ1v) is 14.4. The maximum atomic E-state index is 10.3. The highest BCUT2D eigenvalue weighted by molar-refractivity contribution is 5.90. The van der Waals surface area contributed by atoms with Gasteiger partial charge < -0.3 is 34.4 Å². The molecule has 12 nitrogen and oxygen atoms in total. The summed E-state index contributed by atoms with van der Waals surface area (Å²) in [7, 11) is 1.34. The van der Waals surface area contributed by atoms with Gasteiger partial charge in [0.1, 0.15) is 48.3 Å². The number of hydrogen-bond donors (Lipinski definition) is 3. The van der Waals surface area contributed by atoms with E-state index >= 15 is 0 Å². The van der Waals surface area contributed by atoms with Crippen molar-refractivity contribution in [3.05, 3.63) is 66.1 Å².